The van der Waals surface area contributed by atoms with Gasteiger partial charge in [0.25, 0.3) is 11.6 Å². The fourth-order valence-electron chi connectivity index (χ4n) is 2.92. The topological polar surface area (TPSA) is 117 Å². The highest BCUT2D eigenvalue weighted by Gasteiger charge is 2.36. The number of aliphatic imine (C=N–C) groups is 1. The summed E-state index contributed by atoms with van der Waals surface area (Å²) in [6.07, 6.45) is 3.25. The van der Waals surface area contributed by atoms with Crippen molar-refractivity contribution < 1.29 is 9.72 Å². The van der Waals surface area contributed by atoms with E-state index >= 15 is 0 Å². The van der Waals surface area contributed by atoms with Crippen LogP contribution < -0.4 is 0 Å². The van der Waals surface area contributed by atoms with Gasteiger partial charge in [0.15, 0.2) is 5.84 Å². The first-order valence-corrected chi connectivity index (χ1v) is 10.1. The number of non-ortho nitro benzene ring substituents is 1. The molecule has 0 bridgehead atoms. The van der Waals surface area contributed by atoms with Crippen LogP contribution in [-0.4, -0.2) is 36.5 Å². The van der Waals surface area contributed by atoms with Gasteiger partial charge < -0.3 is 4.57 Å². The Morgan fingerprint density at radius 3 is 2.77 bits per heavy atom. The van der Waals surface area contributed by atoms with Crippen molar-refractivity contribution in [2.24, 2.45) is 16.0 Å². The van der Waals surface area contributed by atoms with Crippen molar-refractivity contribution in [1.82, 2.24) is 9.58 Å². The number of nitro benzene ring substituents is 1. The Morgan fingerprint density at radius 2 is 2.10 bits per heavy atom. The minimum absolute atomic E-state index is 0.0595. The average Bonchev–Trinajstić information content (AvgIpc) is 3.32. The standard InChI is InChI=1S/C19H15ClN6O3S/c1-10(2)18-23-25-16(21)13(17(27)22-19(25)30-18)8-11-4-3-7-24(11)15-6-5-12(26(28)29)9-14(15)20/h3-10,21H,1-2H3/b13-8-,21-16?. The van der Waals surface area contributed by atoms with Crippen molar-refractivity contribution in [2.45, 2.75) is 13.8 Å². The Hall–Kier alpha value is -3.24. The van der Waals surface area contributed by atoms with Crippen LogP contribution in [0.1, 0.15) is 19.5 Å². The molecule has 0 spiro atoms. The third kappa shape index (κ3) is 3.44. The van der Waals surface area contributed by atoms with Crippen LogP contribution in [0, 0.1) is 21.4 Å². The second-order valence-electron chi connectivity index (χ2n) is 6.81. The number of hydrazone groups is 1. The van der Waals surface area contributed by atoms with Gasteiger partial charge in [0.1, 0.15) is 5.04 Å². The van der Waals surface area contributed by atoms with Crippen molar-refractivity contribution in [3.63, 3.8) is 0 Å². The number of thioether (sulfide) groups is 1. The second kappa shape index (κ2) is 7.54. The molecule has 0 unspecified atom stereocenters. The number of nitro groups is 1. The Labute approximate surface area is 180 Å². The molecule has 3 heterocycles. The van der Waals surface area contributed by atoms with Crippen molar-refractivity contribution in [2.75, 3.05) is 0 Å². The number of fused-ring (bicyclic) bond motifs is 1. The molecule has 0 radical (unpaired) electrons. The lowest BCUT2D eigenvalue weighted by Crippen LogP contribution is -2.35. The molecule has 0 fully saturated rings. The van der Waals surface area contributed by atoms with Gasteiger partial charge in [-0.05, 0) is 36.0 Å². The van der Waals surface area contributed by atoms with E-state index in [9.17, 15) is 14.9 Å². The minimum atomic E-state index is -0.526. The fourth-order valence-corrected chi connectivity index (χ4v) is 4.08. The molecule has 30 heavy (non-hydrogen) atoms. The molecule has 0 atom stereocenters. The van der Waals surface area contributed by atoms with Crippen LogP contribution in [0.5, 0.6) is 0 Å². The predicted molar refractivity (Wildman–Crippen MR) is 117 cm³/mol. The predicted octanol–water partition coefficient (Wildman–Crippen LogP) is 4.31. The molecule has 0 saturated heterocycles. The molecule has 2 aliphatic heterocycles. The van der Waals surface area contributed by atoms with Gasteiger partial charge in [-0.3, -0.25) is 20.3 Å². The summed E-state index contributed by atoms with van der Waals surface area (Å²) < 4.78 is 1.68. The number of hydrogen-bond donors (Lipinski definition) is 1. The van der Waals surface area contributed by atoms with E-state index in [1.165, 1.54) is 41.0 Å². The maximum Gasteiger partial charge on any atom is 0.283 e. The first kappa shape index (κ1) is 20.0. The third-order valence-electron chi connectivity index (χ3n) is 4.44. The normalized spacial score (nSPS) is 17.5. The molecule has 0 saturated carbocycles. The lowest BCUT2D eigenvalue weighted by atomic mass is 10.1. The second-order valence-corrected chi connectivity index (χ2v) is 8.20. The van der Waals surface area contributed by atoms with Crippen LogP contribution in [0.2, 0.25) is 5.02 Å². The molecule has 1 aromatic heterocycles. The highest BCUT2D eigenvalue weighted by atomic mass is 35.5. The Balaban J connectivity index is 1.73. The van der Waals surface area contributed by atoms with Crippen LogP contribution in [-0.2, 0) is 4.79 Å². The monoisotopic (exact) mass is 442 g/mol. The first-order chi connectivity index (χ1) is 14.3. The minimum Gasteiger partial charge on any atom is -0.316 e. The molecular formula is C19H15ClN6O3S. The lowest BCUT2D eigenvalue weighted by Gasteiger charge is -2.20. The SMILES string of the molecule is CC(C)C1=NN2C(=N)/C(=C/c3cccn3-c3ccc([N+](=O)[O-])cc3Cl)C(=O)N=C2S1. The lowest BCUT2D eigenvalue weighted by molar-refractivity contribution is -0.384. The number of benzene rings is 1. The Bertz CT molecular complexity index is 1200. The van der Waals surface area contributed by atoms with E-state index in [-0.39, 0.29) is 28.0 Å². The number of rotatable bonds is 4. The van der Waals surface area contributed by atoms with Crippen molar-refractivity contribution in [1.29, 1.82) is 5.41 Å². The van der Waals surface area contributed by atoms with Gasteiger partial charge in [0.2, 0.25) is 5.17 Å². The van der Waals surface area contributed by atoms with E-state index < -0.39 is 10.8 Å². The zero-order valence-electron chi connectivity index (χ0n) is 15.9. The quantitative estimate of drug-likeness (QED) is 0.430. The number of carbonyl (C=O) groups is 1. The van der Waals surface area contributed by atoms with Gasteiger partial charge in [-0.1, -0.05) is 25.4 Å². The molecule has 4 rings (SSSR count). The number of hydrogen-bond acceptors (Lipinski definition) is 6. The highest BCUT2D eigenvalue weighted by Crippen LogP contribution is 2.32. The number of aromatic nitrogens is 1. The molecular weight excluding hydrogens is 428 g/mol. The van der Waals surface area contributed by atoms with E-state index in [1.54, 1.807) is 22.9 Å². The van der Waals surface area contributed by atoms with E-state index in [0.29, 0.717) is 16.5 Å². The van der Waals surface area contributed by atoms with E-state index in [1.807, 2.05) is 13.8 Å². The Kier molecular flexibility index (Phi) is 5.04. The van der Waals surface area contributed by atoms with Crippen LogP contribution in [0.4, 0.5) is 5.69 Å². The van der Waals surface area contributed by atoms with E-state index in [4.69, 9.17) is 17.0 Å². The highest BCUT2D eigenvalue weighted by molar-refractivity contribution is 8.27. The van der Waals surface area contributed by atoms with Gasteiger partial charge in [0.05, 0.1) is 21.2 Å². The summed E-state index contributed by atoms with van der Waals surface area (Å²) in [6, 6.07) is 7.64. The largest absolute Gasteiger partial charge is 0.316 e. The molecule has 1 amide bonds. The smallest absolute Gasteiger partial charge is 0.283 e. The van der Waals surface area contributed by atoms with Crippen LogP contribution in [0.25, 0.3) is 11.8 Å². The fraction of sp³-hybridized carbons (Fsp3) is 0.158. The summed E-state index contributed by atoms with van der Waals surface area (Å²) in [5.74, 6) is -0.433. The van der Waals surface area contributed by atoms with E-state index in [0.717, 1.165) is 5.04 Å². The van der Waals surface area contributed by atoms with Gasteiger partial charge >= 0.3 is 0 Å². The molecule has 9 nitrogen and oxygen atoms in total. The van der Waals surface area contributed by atoms with Gasteiger partial charge in [-0.25, -0.2) is 0 Å². The van der Waals surface area contributed by atoms with Crippen molar-refractivity contribution in [3.05, 3.63) is 62.9 Å². The average molecular weight is 443 g/mol. The zero-order chi connectivity index (χ0) is 21.6. The zero-order valence-corrected chi connectivity index (χ0v) is 17.4. The number of amidine groups is 2. The van der Waals surface area contributed by atoms with Crippen LogP contribution >= 0.6 is 23.4 Å². The van der Waals surface area contributed by atoms with Crippen molar-refractivity contribution in [3.8, 4) is 5.69 Å². The Morgan fingerprint density at radius 1 is 1.33 bits per heavy atom. The summed E-state index contributed by atoms with van der Waals surface area (Å²) in [6.45, 7) is 3.96. The summed E-state index contributed by atoms with van der Waals surface area (Å²) in [5, 5.41) is 26.5. The van der Waals surface area contributed by atoms with Gasteiger partial charge in [0, 0.05) is 29.9 Å². The van der Waals surface area contributed by atoms with Crippen molar-refractivity contribution >= 4 is 57.1 Å². The number of nitrogens with zero attached hydrogens (tertiary/aromatic N) is 5. The molecule has 2 aliphatic rings. The maximum absolute atomic E-state index is 12.6. The van der Waals surface area contributed by atoms with E-state index in [2.05, 4.69) is 10.1 Å². The maximum atomic E-state index is 12.6. The van der Waals surface area contributed by atoms with Crippen LogP contribution in [0.15, 0.2) is 52.2 Å². The molecule has 0 aliphatic carbocycles. The third-order valence-corrected chi connectivity index (χ3v) is 5.95. The number of halogens is 1. The summed E-state index contributed by atoms with van der Waals surface area (Å²) in [4.78, 5) is 27.1. The molecule has 1 N–H and O–H groups in total. The van der Waals surface area contributed by atoms with Gasteiger partial charge in [-0.2, -0.15) is 15.1 Å². The molecule has 152 valence electrons. The van der Waals surface area contributed by atoms with Gasteiger partial charge in [-0.15, -0.1) is 0 Å². The summed E-state index contributed by atoms with van der Waals surface area (Å²) in [5.41, 5.74) is 1.05. The molecule has 1 aromatic carbocycles. The summed E-state index contributed by atoms with van der Waals surface area (Å²) >= 11 is 7.54. The first-order valence-electron chi connectivity index (χ1n) is 8.88. The molecule has 11 heteroatoms. The summed E-state index contributed by atoms with van der Waals surface area (Å²) in [7, 11) is 0. The molecule has 2 aromatic rings. The van der Waals surface area contributed by atoms with Crippen LogP contribution in [0.3, 0.4) is 0 Å². The number of amides is 1. The number of nitrogens with one attached hydrogen (secondary N) is 1. The number of carbonyl (C=O) groups excluding carboxylic acids is 1.